The first-order valence-electron chi connectivity index (χ1n) is 11.1. The van der Waals surface area contributed by atoms with Gasteiger partial charge >= 0.3 is 5.69 Å². The summed E-state index contributed by atoms with van der Waals surface area (Å²) in [5.41, 5.74) is 3.21. The Kier molecular flexibility index (Phi) is 5.64. The van der Waals surface area contributed by atoms with E-state index in [2.05, 4.69) is 25.5 Å². The Morgan fingerprint density at radius 3 is 2.76 bits per heavy atom. The van der Waals surface area contributed by atoms with Gasteiger partial charge in [-0.05, 0) is 56.2 Å². The Bertz CT molecular complexity index is 1340. The summed E-state index contributed by atoms with van der Waals surface area (Å²) in [6.45, 7) is 2.39. The van der Waals surface area contributed by atoms with Crippen molar-refractivity contribution in [1.82, 2.24) is 25.5 Å². The van der Waals surface area contributed by atoms with E-state index in [0.29, 0.717) is 23.7 Å². The summed E-state index contributed by atoms with van der Waals surface area (Å²) in [6, 6.07) is 17.1. The van der Waals surface area contributed by atoms with Gasteiger partial charge in [0.1, 0.15) is 18.2 Å². The molecular weight excluding hydrogens is 418 g/mol. The van der Waals surface area contributed by atoms with E-state index in [-0.39, 0.29) is 23.6 Å². The number of pyridine rings is 1. The molecular formula is C25H25N5O3. The van der Waals surface area contributed by atoms with Crippen molar-refractivity contribution >= 4 is 16.8 Å². The molecule has 33 heavy (non-hydrogen) atoms. The van der Waals surface area contributed by atoms with Gasteiger partial charge in [0.15, 0.2) is 0 Å². The number of ether oxygens (including phenoxy) is 1. The molecule has 2 unspecified atom stereocenters. The van der Waals surface area contributed by atoms with Crippen molar-refractivity contribution in [2.75, 3.05) is 0 Å². The quantitative estimate of drug-likeness (QED) is 0.421. The van der Waals surface area contributed by atoms with Gasteiger partial charge in [0.05, 0.1) is 5.52 Å². The van der Waals surface area contributed by atoms with Crippen LogP contribution in [0.1, 0.15) is 52.6 Å². The molecule has 0 spiro atoms. The number of amides is 1. The zero-order valence-corrected chi connectivity index (χ0v) is 18.3. The van der Waals surface area contributed by atoms with Crippen molar-refractivity contribution in [3.63, 3.8) is 0 Å². The summed E-state index contributed by atoms with van der Waals surface area (Å²) in [7, 11) is 0. The number of hydrogen-bond acceptors (Lipinski definition) is 5. The summed E-state index contributed by atoms with van der Waals surface area (Å²) in [5, 5.41) is 10.6. The van der Waals surface area contributed by atoms with E-state index >= 15 is 0 Å². The van der Waals surface area contributed by atoms with Crippen molar-refractivity contribution in [3.8, 4) is 5.75 Å². The first-order chi connectivity index (χ1) is 16.1. The maximum absolute atomic E-state index is 12.8. The van der Waals surface area contributed by atoms with E-state index in [1.165, 1.54) is 0 Å². The smallest absolute Gasteiger partial charge is 0.340 e. The summed E-state index contributed by atoms with van der Waals surface area (Å²) >= 11 is 0. The molecule has 0 saturated heterocycles. The minimum Gasteiger partial charge on any atom is -0.489 e. The van der Waals surface area contributed by atoms with Gasteiger partial charge in [0, 0.05) is 34.2 Å². The first-order valence-corrected chi connectivity index (χ1v) is 11.1. The summed E-state index contributed by atoms with van der Waals surface area (Å²) in [4.78, 5) is 31.5. The van der Waals surface area contributed by atoms with Crippen LogP contribution in [0, 0.1) is 6.92 Å². The zero-order valence-electron chi connectivity index (χ0n) is 18.3. The largest absolute Gasteiger partial charge is 0.489 e. The van der Waals surface area contributed by atoms with Crippen LogP contribution in [0.4, 0.5) is 0 Å². The fourth-order valence-corrected chi connectivity index (χ4v) is 4.55. The normalized spacial score (nSPS) is 17.8. The lowest BCUT2D eigenvalue weighted by Gasteiger charge is -2.19. The van der Waals surface area contributed by atoms with Crippen LogP contribution in [-0.4, -0.2) is 32.1 Å². The summed E-state index contributed by atoms with van der Waals surface area (Å²) < 4.78 is 6.00. The number of carbonyl (C=O) groups is 1. The number of fused-ring (bicyclic) bond motifs is 1. The van der Waals surface area contributed by atoms with Gasteiger partial charge in [-0.2, -0.15) is 5.10 Å². The van der Waals surface area contributed by atoms with Gasteiger partial charge in [-0.3, -0.25) is 14.8 Å². The van der Waals surface area contributed by atoms with Crippen molar-refractivity contribution in [3.05, 3.63) is 87.7 Å². The third-order valence-corrected chi connectivity index (χ3v) is 6.14. The summed E-state index contributed by atoms with van der Waals surface area (Å²) in [6.07, 6.45) is 2.70. The van der Waals surface area contributed by atoms with Crippen molar-refractivity contribution in [2.45, 2.75) is 44.8 Å². The number of para-hydroxylation sites is 1. The molecule has 0 bridgehead atoms. The topological polar surface area (TPSA) is 113 Å². The number of benzene rings is 2. The number of hydrogen-bond donors (Lipinski definition) is 3. The predicted octanol–water partition coefficient (Wildman–Crippen LogP) is 3.60. The molecule has 8 nitrogen and oxygen atoms in total. The molecule has 1 aliphatic rings. The molecule has 4 aromatic rings. The van der Waals surface area contributed by atoms with E-state index in [9.17, 15) is 9.59 Å². The average molecular weight is 444 g/mol. The first kappa shape index (κ1) is 20.9. The number of carbonyl (C=O) groups excluding carboxylic acids is 1. The lowest BCUT2D eigenvalue weighted by atomic mass is 10.0. The van der Waals surface area contributed by atoms with Crippen LogP contribution in [0.5, 0.6) is 5.75 Å². The molecule has 1 aliphatic carbocycles. The molecule has 2 aromatic carbocycles. The molecule has 2 heterocycles. The predicted molar refractivity (Wildman–Crippen MR) is 124 cm³/mol. The molecule has 1 saturated carbocycles. The van der Waals surface area contributed by atoms with Gasteiger partial charge < -0.3 is 10.1 Å². The Morgan fingerprint density at radius 2 is 1.97 bits per heavy atom. The lowest BCUT2D eigenvalue weighted by molar-refractivity contribution is 0.0934. The van der Waals surface area contributed by atoms with E-state index in [4.69, 9.17) is 4.74 Å². The minimum absolute atomic E-state index is 0.00847. The standard InChI is InChI=1S/C25H25N5O3/c1-15-13-17(19-5-2-3-7-21(19)26-15)14-33-18-11-9-16(10-12-18)24(31)27-22-8-4-6-20(22)23-28-25(32)30-29-23/h2-3,5,7,9-13,20,22H,4,6,8,14H2,1H3,(H,27,31)(H2,28,29,30,32). The van der Waals surface area contributed by atoms with Gasteiger partial charge in [0.25, 0.3) is 5.91 Å². The van der Waals surface area contributed by atoms with E-state index in [1.54, 1.807) is 12.1 Å². The van der Waals surface area contributed by atoms with E-state index in [1.807, 2.05) is 49.4 Å². The molecule has 5 rings (SSSR count). The minimum atomic E-state index is -0.326. The average Bonchev–Trinajstić information content (AvgIpc) is 3.46. The van der Waals surface area contributed by atoms with Gasteiger partial charge in [-0.1, -0.05) is 24.6 Å². The van der Waals surface area contributed by atoms with Crippen LogP contribution in [-0.2, 0) is 6.61 Å². The molecule has 3 N–H and O–H groups in total. The Hall–Kier alpha value is -3.94. The molecule has 1 amide bonds. The van der Waals surface area contributed by atoms with Crippen LogP contribution in [0.15, 0.2) is 59.4 Å². The zero-order chi connectivity index (χ0) is 22.8. The number of rotatable bonds is 6. The van der Waals surface area contributed by atoms with E-state index < -0.39 is 0 Å². The number of aryl methyl sites for hydroxylation is 1. The molecule has 8 heteroatoms. The van der Waals surface area contributed by atoms with Gasteiger partial charge in [-0.15, -0.1) is 0 Å². The molecule has 0 aliphatic heterocycles. The molecule has 1 fully saturated rings. The third-order valence-electron chi connectivity index (χ3n) is 6.14. The Morgan fingerprint density at radius 1 is 1.15 bits per heavy atom. The second-order valence-corrected chi connectivity index (χ2v) is 8.43. The van der Waals surface area contributed by atoms with Crippen LogP contribution in [0.3, 0.4) is 0 Å². The molecule has 168 valence electrons. The number of H-pyrrole nitrogens is 2. The van der Waals surface area contributed by atoms with Crippen LogP contribution in [0.2, 0.25) is 0 Å². The van der Waals surface area contributed by atoms with Crippen LogP contribution >= 0.6 is 0 Å². The van der Waals surface area contributed by atoms with Gasteiger partial charge in [0.2, 0.25) is 0 Å². The molecule has 0 radical (unpaired) electrons. The fraction of sp³-hybridized carbons (Fsp3) is 0.280. The highest BCUT2D eigenvalue weighted by atomic mass is 16.5. The third kappa shape index (κ3) is 4.50. The highest BCUT2D eigenvalue weighted by molar-refractivity contribution is 5.94. The van der Waals surface area contributed by atoms with Crippen molar-refractivity contribution in [1.29, 1.82) is 0 Å². The molecule has 2 atom stereocenters. The van der Waals surface area contributed by atoms with Crippen molar-refractivity contribution < 1.29 is 9.53 Å². The summed E-state index contributed by atoms with van der Waals surface area (Å²) in [5.74, 6) is 1.16. The number of nitrogens with zero attached hydrogens (tertiary/aromatic N) is 2. The highest BCUT2D eigenvalue weighted by Gasteiger charge is 2.32. The Labute approximate surface area is 190 Å². The highest BCUT2D eigenvalue weighted by Crippen LogP contribution is 2.32. The van der Waals surface area contributed by atoms with E-state index in [0.717, 1.165) is 41.4 Å². The molecule has 2 aromatic heterocycles. The maximum Gasteiger partial charge on any atom is 0.340 e. The second-order valence-electron chi connectivity index (χ2n) is 8.43. The number of aromatic nitrogens is 4. The van der Waals surface area contributed by atoms with Crippen molar-refractivity contribution in [2.24, 2.45) is 0 Å². The number of aromatic amines is 2. The van der Waals surface area contributed by atoms with Crippen LogP contribution in [0.25, 0.3) is 10.9 Å². The maximum atomic E-state index is 12.8. The Balaban J connectivity index is 1.23. The monoisotopic (exact) mass is 443 g/mol. The number of nitrogens with one attached hydrogen (secondary N) is 3. The second kappa shape index (κ2) is 8.90. The lowest BCUT2D eigenvalue weighted by Crippen LogP contribution is -2.36. The fourth-order valence-electron chi connectivity index (χ4n) is 4.55. The van der Waals surface area contributed by atoms with Gasteiger partial charge in [-0.25, -0.2) is 9.89 Å². The van der Waals surface area contributed by atoms with Crippen LogP contribution < -0.4 is 15.7 Å². The SMILES string of the molecule is Cc1cc(COc2ccc(C(=O)NC3CCCC3c3n[nH]c(=O)[nH]3)cc2)c2ccccc2n1.